The summed E-state index contributed by atoms with van der Waals surface area (Å²) in [6.07, 6.45) is 3.03. The van der Waals surface area contributed by atoms with Gasteiger partial charge in [0.2, 0.25) is 10.0 Å². The van der Waals surface area contributed by atoms with Crippen LogP contribution in [-0.2, 0) is 10.0 Å². The van der Waals surface area contributed by atoms with Crippen LogP contribution in [0.1, 0.15) is 37.6 Å². The number of anilines is 1. The van der Waals surface area contributed by atoms with Gasteiger partial charge in [0.1, 0.15) is 4.90 Å². The lowest BCUT2D eigenvalue weighted by Crippen LogP contribution is -2.40. The number of piperidine rings is 1. The molecule has 0 amide bonds. The van der Waals surface area contributed by atoms with Crippen molar-refractivity contribution in [2.75, 3.05) is 31.1 Å². The number of halogens is 2. The van der Waals surface area contributed by atoms with Crippen molar-refractivity contribution in [1.82, 2.24) is 29.6 Å². The number of rotatable bonds is 6. The molecule has 2 atom stereocenters. The molecule has 6 rings (SSSR count). The second-order valence-corrected chi connectivity index (χ2v) is 12.4. The zero-order chi connectivity index (χ0) is 23.7. The molecule has 3 fully saturated rings. The fourth-order valence-corrected chi connectivity index (χ4v) is 7.13. The average molecular weight is 510 g/mol. The maximum atomic E-state index is 13.3. The molecule has 182 valence electrons. The summed E-state index contributed by atoms with van der Waals surface area (Å²) in [7, 11) is -3.80. The number of hydrogen-bond donors (Lipinski definition) is 2. The standard InChI is InChI=1S/C21H25F2N7O2S2/c1-21(3-4-21)28-34(31,32)14-6-15(29-5-2-12-7-24-8-13(12)10-29)16-9-25-18(30(16)11-14)20-27-26-19(33-20)17(22)23/h6,9,11-13,17,24,28H,2-5,7-8,10H2,1H3/t12-,13-/m1/s1. The number of alkyl halides is 2. The molecule has 1 aliphatic carbocycles. The fourth-order valence-electron chi connectivity index (χ4n) is 4.95. The third kappa shape index (κ3) is 3.88. The van der Waals surface area contributed by atoms with Crippen molar-refractivity contribution in [3.63, 3.8) is 0 Å². The Morgan fingerprint density at radius 2 is 2.06 bits per heavy atom. The summed E-state index contributed by atoms with van der Waals surface area (Å²) in [4.78, 5) is 6.78. The molecule has 9 nitrogen and oxygen atoms in total. The van der Waals surface area contributed by atoms with E-state index >= 15 is 0 Å². The molecule has 5 heterocycles. The van der Waals surface area contributed by atoms with E-state index < -0.39 is 27.0 Å². The van der Waals surface area contributed by atoms with E-state index in [1.54, 1.807) is 16.7 Å². The fraction of sp³-hybridized carbons (Fsp3) is 0.571. The molecule has 0 aromatic carbocycles. The van der Waals surface area contributed by atoms with E-state index in [4.69, 9.17) is 0 Å². The van der Waals surface area contributed by atoms with Crippen LogP contribution < -0.4 is 14.9 Å². The van der Waals surface area contributed by atoms with Crippen molar-refractivity contribution >= 4 is 32.6 Å². The number of sulfonamides is 1. The third-order valence-electron chi connectivity index (χ3n) is 7.15. The molecular weight excluding hydrogens is 484 g/mol. The number of nitrogens with zero attached hydrogens (tertiary/aromatic N) is 5. The number of fused-ring (bicyclic) bond motifs is 2. The van der Waals surface area contributed by atoms with Gasteiger partial charge in [0.15, 0.2) is 15.8 Å². The van der Waals surface area contributed by atoms with Gasteiger partial charge in [-0.15, -0.1) is 10.2 Å². The summed E-state index contributed by atoms with van der Waals surface area (Å²) in [5.74, 6) is 1.43. The lowest BCUT2D eigenvalue weighted by Gasteiger charge is -2.36. The first-order valence-electron chi connectivity index (χ1n) is 11.4. The molecule has 0 unspecified atom stereocenters. The summed E-state index contributed by atoms with van der Waals surface area (Å²) in [6.45, 7) is 5.47. The molecule has 34 heavy (non-hydrogen) atoms. The normalized spacial score (nSPS) is 24.2. The SMILES string of the molecule is CC1(NS(=O)(=O)c2cc(N3CC[C@@H]4CNC[C@@H]4C3)c3cnc(-c4nnc(C(F)F)s4)n3c2)CC1. The first-order valence-corrected chi connectivity index (χ1v) is 13.7. The predicted octanol–water partition coefficient (Wildman–Crippen LogP) is 2.67. The first kappa shape index (κ1) is 22.3. The van der Waals surface area contributed by atoms with Gasteiger partial charge in [-0.2, -0.15) is 0 Å². The number of aromatic nitrogens is 4. The highest BCUT2D eigenvalue weighted by Gasteiger charge is 2.42. The predicted molar refractivity (Wildman–Crippen MR) is 124 cm³/mol. The Labute approximate surface area is 199 Å². The maximum absolute atomic E-state index is 13.3. The van der Waals surface area contributed by atoms with Crippen LogP contribution in [0.15, 0.2) is 23.4 Å². The van der Waals surface area contributed by atoms with Crippen molar-refractivity contribution in [3.05, 3.63) is 23.5 Å². The van der Waals surface area contributed by atoms with Gasteiger partial charge < -0.3 is 10.2 Å². The van der Waals surface area contributed by atoms with Crippen molar-refractivity contribution < 1.29 is 17.2 Å². The summed E-state index contributed by atoms with van der Waals surface area (Å²) in [5, 5.41) is 10.7. The third-order valence-corrected chi connectivity index (χ3v) is 9.68. The Morgan fingerprint density at radius 3 is 2.79 bits per heavy atom. The lowest BCUT2D eigenvalue weighted by molar-refractivity contribution is 0.150. The minimum atomic E-state index is -3.80. The summed E-state index contributed by atoms with van der Waals surface area (Å²) < 4.78 is 57.3. The number of hydrogen-bond acceptors (Lipinski definition) is 8. The van der Waals surface area contributed by atoms with Crippen LogP contribution in [0, 0.1) is 11.8 Å². The van der Waals surface area contributed by atoms with E-state index in [9.17, 15) is 17.2 Å². The zero-order valence-electron chi connectivity index (χ0n) is 18.5. The Kier molecular flexibility index (Phi) is 5.17. The van der Waals surface area contributed by atoms with Gasteiger partial charge in [0, 0.05) is 24.8 Å². The molecule has 3 aromatic heterocycles. The molecule has 13 heteroatoms. The highest BCUT2D eigenvalue weighted by atomic mass is 32.2. The Morgan fingerprint density at radius 1 is 1.26 bits per heavy atom. The van der Waals surface area contributed by atoms with Gasteiger partial charge in [0.05, 0.1) is 17.4 Å². The maximum Gasteiger partial charge on any atom is 0.291 e. The van der Waals surface area contributed by atoms with Gasteiger partial charge in [-0.3, -0.25) is 4.40 Å². The van der Waals surface area contributed by atoms with E-state index in [1.807, 2.05) is 6.92 Å². The zero-order valence-corrected chi connectivity index (χ0v) is 20.2. The van der Waals surface area contributed by atoms with Gasteiger partial charge in [-0.1, -0.05) is 11.3 Å². The van der Waals surface area contributed by atoms with Crippen LogP contribution in [0.25, 0.3) is 16.3 Å². The van der Waals surface area contributed by atoms with E-state index in [0.29, 0.717) is 23.2 Å². The van der Waals surface area contributed by atoms with E-state index in [0.717, 1.165) is 62.5 Å². The second-order valence-electron chi connectivity index (χ2n) is 9.72. The van der Waals surface area contributed by atoms with Crippen LogP contribution in [0.4, 0.5) is 14.5 Å². The van der Waals surface area contributed by atoms with Crippen molar-refractivity contribution in [3.8, 4) is 10.8 Å². The summed E-state index contributed by atoms with van der Waals surface area (Å²) in [5.41, 5.74) is 1.06. The molecule has 0 radical (unpaired) electrons. The molecule has 0 bridgehead atoms. The van der Waals surface area contributed by atoms with Crippen LogP contribution >= 0.6 is 11.3 Å². The Hall–Kier alpha value is -2.22. The molecule has 3 aliphatic rings. The van der Waals surface area contributed by atoms with Crippen LogP contribution in [0.3, 0.4) is 0 Å². The molecular formula is C21H25F2N7O2S2. The average Bonchev–Trinajstić information content (AvgIpc) is 3.25. The van der Waals surface area contributed by atoms with Crippen molar-refractivity contribution in [2.24, 2.45) is 11.8 Å². The Bertz CT molecular complexity index is 1350. The molecule has 2 aliphatic heterocycles. The highest BCUT2D eigenvalue weighted by molar-refractivity contribution is 7.89. The molecule has 2 saturated heterocycles. The van der Waals surface area contributed by atoms with Crippen LogP contribution in [-0.4, -0.2) is 59.7 Å². The smallest absolute Gasteiger partial charge is 0.291 e. The number of nitrogens with one attached hydrogen (secondary N) is 2. The second kappa shape index (κ2) is 7.90. The highest BCUT2D eigenvalue weighted by Crippen LogP contribution is 2.38. The largest absolute Gasteiger partial charge is 0.369 e. The molecule has 3 aromatic rings. The van der Waals surface area contributed by atoms with Gasteiger partial charge in [0.25, 0.3) is 6.43 Å². The molecule has 0 spiro atoms. The first-order chi connectivity index (χ1) is 16.2. The summed E-state index contributed by atoms with van der Waals surface area (Å²) in [6, 6.07) is 1.71. The summed E-state index contributed by atoms with van der Waals surface area (Å²) >= 11 is 0.758. The molecule has 1 saturated carbocycles. The minimum absolute atomic E-state index is 0.118. The van der Waals surface area contributed by atoms with Gasteiger partial charge in [-0.05, 0) is 57.2 Å². The van der Waals surface area contributed by atoms with E-state index in [2.05, 4.69) is 30.1 Å². The monoisotopic (exact) mass is 509 g/mol. The lowest BCUT2D eigenvalue weighted by atomic mass is 9.88. The number of imidazole rings is 1. The van der Waals surface area contributed by atoms with E-state index in [-0.39, 0.29) is 9.90 Å². The Balaban J connectivity index is 1.47. The van der Waals surface area contributed by atoms with Crippen molar-refractivity contribution in [2.45, 2.75) is 43.0 Å². The minimum Gasteiger partial charge on any atom is -0.369 e. The van der Waals surface area contributed by atoms with Crippen LogP contribution in [0.5, 0.6) is 0 Å². The number of pyridine rings is 1. The van der Waals surface area contributed by atoms with Crippen molar-refractivity contribution in [1.29, 1.82) is 0 Å². The topological polar surface area (TPSA) is 105 Å². The van der Waals surface area contributed by atoms with Gasteiger partial charge >= 0.3 is 0 Å². The van der Waals surface area contributed by atoms with Gasteiger partial charge in [-0.25, -0.2) is 26.9 Å². The quantitative estimate of drug-likeness (QED) is 0.527. The molecule has 2 N–H and O–H groups in total. The van der Waals surface area contributed by atoms with Crippen LogP contribution in [0.2, 0.25) is 0 Å². The van der Waals surface area contributed by atoms with E-state index in [1.165, 1.54) is 6.20 Å².